The summed E-state index contributed by atoms with van der Waals surface area (Å²) in [5.41, 5.74) is -0.984. The summed E-state index contributed by atoms with van der Waals surface area (Å²) in [7, 11) is -6.09. The van der Waals surface area contributed by atoms with Crippen molar-refractivity contribution in [1.82, 2.24) is 0 Å². The smallest absolute Gasteiger partial charge is 0.485 e. The summed E-state index contributed by atoms with van der Waals surface area (Å²) in [5.74, 6) is 0. The Morgan fingerprint density at radius 2 is 1.72 bits per heavy atom. The van der Waals surface area contributed by atoms with Gasteiger partial charge in [-0.25, -0.2) is 8.42 Å². The van der Waals surface area contributed by atoms with Crippen molar-refractivity contribution in [1.29, 1.82) is 0 Å². The first-order chi connectivity index (χ1) is 13.3. The predicted octanol–water partition coefficient (Wildman–Crippen LogP) is 5.85. The Balaban J connectivity index is 0.000000321. The summed E-state index contributed by atoms with van der Waals surface area (Å²) in [6.45, 7) is 7.40. The van der Waals surface area contributed by atoms with Gasteiger partial charge in [-0.1, -0.05) is 40.6 Å². The highest BCUT2D eigenvalue weighted by Crippen LogP contribution is 2.38. The van der Waals surface area contributed by atoms with Crippen LogP contribution in [0, 0.1) is 13.8 Å². The Morgan fingerprint density at radius 3 is 2.24 bits per heavy atom. The number of benzene rings is 2. The monoisotopic (exact) mass is 485 g/mol. The molecule has 0 amide bonds. The molecule has 0 aliphatic carbocycles. The zero-order valence-corrected chi connectivity index (χ0v) is 18.6. The molecule has 11 heteroatoms. The van der Waals surface area contributed by atoms with E-state index in [2.05, 4.69) is 37.5 Å². The molecule has 0 fully saturated rings. The van der Waals surface area contributed by atoms with Gasteiger partial charge in [-0.05, 0) is 43.7 Å². The lowest BCUT2D eigenvalue weighted by molar-refractivity contribution is -0.669. The summed E-state index contributed by atoms with van der Waals surface area (Å²) in [4.78, 5) is 0. The molecule has 1 heterocycles. The van der Waals surface area contributed by atoms with E-state index in [4.69, 9.17) is 36.2 Å². The quantitative estimate of drug-likeness (QED) is 0.259. The second-order valence-electron chi connectivity index (χ2n) is 5.99. The first kappa shape index (κ1) is 23.9. The Hall–Kier alpha value is -1.39. The Labute approximate surface area is 180 Å². The highest BCUT2D eigenvalue weighted by Gasteiger charge is 2.36. The number of hydrogen-bond donors (Lipinski definition) is 0. The molecule has 3 aromatic rings. The fourth-order valence-electron chi connectivity index (χ4n) is 2.80. The van der Waals surface area contributed by atoms with Crippen molar-refractivity contribution in [2.24, 2.45) is 0 Å². The third-order valence-electron chi connectivity index (χ3n) is 4.05. The number of nitrogens with zero attached hydrogens (tertiary/aromatic N) is 1. The maximum absolute atomic E-state index is 10.7. The predicted molar refractivity (Wildman–Crippen MR) is 108 cm³/mol. The number of thiazole rings is 1. The number of fused-ring (bicyclic) bond motifs is 1. The van der Waals surface area contributed by atoms with Crippen molar-refractivity contribution in [3.63, 3.8) is 0 Å². The first-order valence-electron chi connectivity index (χ1n) is 8.18. The van der Waals surface area contributed by atoms with Crippen LogP contribution in [0.1, 0.15) is 17.5 Å². The van der Waals surface area contributed by atoms with E-state index in [0.29, 0.717) is 5.02 Å². The number of rotatable bonds is 2. The van der Waals surface area contributed by atoms with Gasteiger partial charge in [0, 0.05) is 22.5 Å². The number of hydrogen-bond acceptors (Lipinski definition) is 4. The molecule has 3 rings (SSSR count). The third kappa shape index (κ3) is 5.21. The van der Waals surface area contributed by atoms with Crippen LogP contribution in [0.2, 0.25) is 10.0 Å². The number of aromatic nitrogens is 1. The largest absolute Gasteiger partial charge is 0.741 e. The number of aryl methyl sites for hydroxylation is 3. The van der Waals surface area contributed by atoms with Gasteiger partial charge >= 0.3 is 5.51 Å². The van der Waals surface area contributed by atoms with Crippen molar-refractivity contribution in [2.75, 3.05) is 0 Å². The molecular weight excluding hydrogens is 470 g/mol. The van der Waals surface area contributed by atoms with Crippen LogP contribution in [0.5, 0.6) is 0 Å². The molecular formula is C18H16Cl2F3NO3S2. The molecule has 0 saturated carbocycles. The fourth-order valence-corrected chi connectivity index (χ4v) is 4.28. The van der Waals surface area contributed by atoms with Gasteiger partial charge in [0.15, 0.2) is 10.1 Å². The molecule has 0 spiro atoms. The lowest BCUT2D eigenvalue weighted by Gasteiger charge is -2.09. The van der Waals surface area contributed by atoms with Crippen LogP contribution in [0.15, 0.2) is 30.3 Å². The van der Waals surface area contributed by atoms with Gasteiger partial charge < -0.3 is 4.55 Å². The van der Waals surface area contributed by atoms with Gasteiger partial charge in [-0.2, -0.15) is 17.7 Å². The standard InChI is InChI=1S/C17H16Cl2NS.CHF3O3S/c1-4-20-11(3)21-15-8-5-10(2)16(17(15)20)13-9-12(18)6-7-14(13)19;2-1(3,4)8(5,6)7/h5-9H,4H2,1-3H3;(H,5,6,7)/q+1;/p-1. The van der Waals surface area contributed by atoms with Gasteiger partial charge in [0.05, 0.1) is 5.56 Å². The van der Waals surface area contributed by atoms with Gasteiger partial charge in [0.1, 0.15) is 11.2 Å². The molecule has 4 nitrogen and oxygen atoms in total. The molecule has 0 aliphatic heterocycles. The highest BCUT2D eigenvalue weighted by atomic mass is 35.5. The summed E-state index contributed by atoms with van der Waals surface area (Å²) in [6.07, 6.45) is 0. The van der Waals surface area contributed by atoms with E-state index in [1.807, 2.05) is 29.5 Å². The highest BCUT2D eigenvalue weighted by molar-refractivity contribution is 7.86. The van der Waals surface area contributed by atoms with Crippen LogP contribution in [0.4, 0.5) is 13.2 Å². The summed E-state index contributed by atoms with van der Waals surface area (Å²) in [6, 6.07) is 10.0. The molecule has 0 bridgehead atoms. The van der Waals surface area contributed by atoms with Crippen molar-refractivity contribution < 1.29 is 30.7 Å². The minimum atomic E-state index is -6.09. The van der Waals surface area contributed by atoms with Crippen molar-refractivity contribution in [3.8, 4) is 11.1 Å². The van der Waals surface area contributed by atoms with Crippen molar-refractivity contribution >= 4 is 54.9 Å². The molecule has 0 radical (unpaired) electrons. The van der Waals surface area contributed by atoms with Crippen LogP contribution < -0.4 is 4.57 Å². The average Bonchev–Trinajstić information content (AvgIpc) is 2.91. The normalized spacial score (nSPS) is 12.0. The zero-order chi connectivity index (χ0) is 22.1. The SMILES string of the molecule is CC[n+]1c(C)sc2ccc(C)c(-c3cc(Cl)ccc3Cl)c21.O=S(=O)([O-])C(F)(F)F. The molecule has 2 aromatic carbocycles. The minimum Gasteiger partial charge on any atom is -0.741 e. The van der Waals surface area contributed by atoms with Crippen LogP contribution in [-0.2, 0) is 16.7 Å². The van der Waals surface area contributed by atoms with E-state index in [1.165, 1.54) is 26.4 Å². The van der Waals surface area contributed by atoms with Crippen LogP contribution in [-0.4, -0.2) is 18.5 Å². The van der Waals surface area contributed by atoms with Crippen molar-refractivity contribution in [2.45, 2.75) is 32.8 Å². The van der Waals surface area contributed by atoms with Crippen LogP contribution >= 0.6 is 34.5 Å². The topological polar surface area (TPSA) is 61.1 Å². The Kier molecular flexibility index (Phi) is 7.22. The second kappa shape index (κ2) is 8.77. The van der Waals surface area contributed by atoms with E-state index in [0.717, 1.165) is 17.1 Å². The van der Waals surface area contributed by atoms with E-state index in [-0.39, 0.29) is 0 Å². The number of halogens is 5. The molecule has 29 heavy (non-hydrogen) atoms. The van der Waals surface area contributed by atoms with Crippen molar-refractivity contribution in [3.05, 3.63) is 50.9 Å². The van der Waals surface area contributed by atoms with E-state index in [9.17, 15) is 13.2 Å². The minimum absolute atomic E-state index is 0.709. The molecule has 158 valence electrons. The molecule has 0 saturated heterocycles. The average molecular weight is 486 g/mol. The van der Waals surface area contributed by atoms with Gasteiger partial charge in [-0.15, -0.1) is 0 Å². The maximum Gasteiger partial charge on any atom is 0.485 e. The Bertz CT molecular complexity index is 1160. The van der Waals surface area contributed by atoms with E-state index < -0.39 is 15.6 Å². The fraction of sp³-hybridized carbons (Fsp3) is 0.278. The maximum atomic E-state index is 10.7. The van der Waals surface area contributed by atoms with Gasteiger partial charge in [0.25, 0.3) is 0 Å². The second-order valence-corrected chi connectivity index (χ2v) is 9.44. The van der Waals surface area contributed by atoms with E-state index in [1.54, 1.807) is 0 Å². The van der Waals surface area contributed by atoms with Crippen LogP contribution in [0.25, 0.3) is 21.3 Å². The third-order valence-corrected chi connectivity index (χ3v) is 6.25. The molecule has 0 aliphatic rings. The first-order valence-corrected chi connectivity index (χ1v) is 11.2. The van der Waals surface area contributed by atoms with Gasteiger partial charge in [-0.3, -0.25) is 0 Å². The van der Waals surface area contributed by atoms with Gasteiger partial charge in [0.2, 0.25) is 10.5 Å². The summed E-state index contributed by atoms with van der Waals surface area (Å²) < 4.78 is 62.5. The lowest BCUT2D eigenvalue weighted by Crippen LogP contribution is -2.33. The Morgan fingerprint density at radius 1 is 1.14 bits per heavy atom. The summed E-state index contributed by atoms with van der Waals surface area (Å²) in [5, 5.41) is 2.75. The molecule has 1 aromatic heterocycles. The molecule has 0 atom stereocenters. The van der Waals surface area contributed by atoms with Crippen LogP contribution in [0.3, 0.4) is 0 Å². The lowest BCUT2D eigenvalue weighted by atomic mass is 9.99. The summed E-state index contributed by atoms with van der Waals surface area (Å²) >= 11 is 14.4. The van der Waals surface area contributed by atoms with E-state index >= 15 is 0 Å². The number of alkyl halides is 3. The zero-order valence-electron chi connectivity index (χ0n) is 15.5. The molecule has 0 unspecified atom stereocenters. The molecule has 0 N–H and O–H groups in total.